The van der Waals surface area contributed by atoms with Crippen LogP contribution in [-0.4, -0.2) is 11.6 Å². The largest absolute Gasteiger partial charge is 0.298 e. The number of carbonyl (C=O) groups is 2. The fraction of sp³-hybridized carbons (Fsp3) is 0.474. The summed E-state index contributed by atoms with van der Waals surface area (Å²) in [6, 6.07) is 4.02. The quantitative estimate of drug-likeness (QED) is 0.627. The van der Waals surface area contributed by atoms with Crippen LogP contribution in [0.3, 0.4) is 0 Å². The first-order chi connectivity index (χ1) is 10.0. The van der Waals surface area contributed by atoms with Crippen LogP contribution >= 0.6 is 0 Å². The van der Waals surface area contributed by atoms with Gasteiger partial charge in [0.1, 0.15) is 11.7 Å². The summed E-state index contributed by atoms with van der Waals surface area (Å²) >= 11 is 0. The third kappa shape index (κ3) is 2.78. The van der Waals surface area contributed by atoms with Gasteiger partial charge in [-0.2, -0.15) is 0 Å². The van der Waals surface area contributed by atoms with Gasteiger partial charge >= 0.3 is 0 Å². The number of aryl methyl sites for hydroxylation is 2. The molecule has 0 saturated heterocycles. The Bertz CT molecular complexity index is 644. The maximum atomic E-state index is 12.5. The molecule has 1 aliphatic rings. The fourth-order valence-corrected chi connectivity index (χ4v) is 3.30. The van der Waals surface area contributed by atoms with Crippen LogP contribution in [0, 0.1) is 24.7 Å². The lowest BCUT2D eigenvalue weighted by Crippen LogP contribution is -2.18. The van der Waals surface area contributed by atoms with Crippen LogP contribution in [0.25, 0.3) is 0 Å². The lowest BCUT2D eigenvalue weighted by molar-refractivity contribution is -0.124. The molecule has 21 heavy (non-hydrogen) atoms. The van der Waals surface area contributed by atoms with Crippen LogP contribution in [-0.2, 0) is 16.0 Å². The number of rotatable bonds is 3. The van der Waals surface area contributed by atoms with E-state index >= 15 is 0 Å². The minimum absolute atomic E-state index is 0.0824. The first-order valence-electron chi connectivity index (χ1n) is 7.66. The average molecular weight is 282 g/mol. The normalized spacial score (nSPS) is 21.3. The lowest BCUT2D eigenvalue weighted by atomic mass is 9.85. The zero-order valence-electron chi connectivity index (χ0n) is 13.2. The molecule has 0 N–H and O–H groups in total. The van der Waals surface area contributed by atoms with E-state index in [-0.39, 0.29) is 17.5 Å². The van der Waals surface area contributed by atoms with Crippen molar-refractivity contribution in [1.82, 2.24) is 0 Å². The third-order valence-corrected chi connectivity index (χ3v) is 4.36. The molecular weight excluding hydrogens is 260 g/mol. The molecule has 2 rings (SSSR count). The van der Waals surface area contributed by atoms with Gasteiger partial charge in [-0.1, -0.05) is 19.8 Å². The second kappa shape index (κ2) is 6.26. The van der Waals surface area contributed by atoms with Gasteiger partial charge in [-0.3, -0.25) is 9.59 Å². The lowest BCUT2D eigenvalue weighted by Gasteiger charge is -2.17. The van der Waals surface area contributed by atoms with Gasteiger partial charge < -0.3 is 0 Å². The standard InChI is InChI=1S/C19H22O2/c1-5-8-13-9-12(4)17(14(6-2)10-13)18-16(20)11-15(7-3)19(18)21/h9-10,15,18H,6-7,11H2,1-4H3. The molecule has 110 valence electrons. The minimum atomic E-state index is -0.548. The number of hydrogen-bond donors (Lipinski definition) is 0. The van der Waals surface area contributed by atoms with E-state index in [9.17, 15) is 9.59 Å². The van der Waals surface area contributed by atoms with Crippen molar-refractivity contribution < 1.29 is 9.59 Å². The molecule has 1 aromatic rings. The summed E-state index contributed by atoms with van der Waals surface area (Å²) < 4.78 is 0. The van der Waals surface area contributed by atoms with E-state index in [1.54, 1.807) is 0 Å². The van der Waals surface area contributed by atoms with E-state index in [4.69, 9.17) is 0 Å². The van der Waals surface area contributed by atoms with Crippen LogP contribution < -0.4 is 0 Å². The predicted octanol–water partition coefficient (Wildman–Crippen LogP) is 3.58. The van der Waals surface area contributed by atoms with Crippen LogP contribution in [0.1, 0.15) is 61.8 Å². The van der Waals surface area contributed by atoms with Gasteiger partial charge in [0.25, 0.3) is 0 Å². The van der Waals surface area contributed by atoms with Crippen molar-refractivity contribution >= 4 is 11.6 Å². The van der Waals surface area contributed by atoms with Gasteiger partial charge in [-0.25, -0.2) is 0 Å². The Morgan fingerprint density at radius 2 is 1.95 bits per heavy atom. The molecule has 2 heteroatoms. The van der Waals surface area contributed by atoms with E-state index in [2.05, 4.69) is 18.8 Å². The van der Waals surface area contributed by atoms with E-state index in [1.165, 1.54) is 0 Å². The number of ketones is 2. The van der Waals surface area contributed by atoms with Crippen molar-refractivity contribution in [2.24, 2.45) is 5.92 Å². The van der Waals surface area contributed by atoms with Crippen molar-refractivity contribution in [3.8, 4) is 11.8 Å². The summed E-state index contributed by atoms with van der Waals surface area (Å²) in [7, 11) is 0. The molecule has 2 nitrogen and oxygen atoms in total. The summed E-state index contributed by atoms with van der Waals surface area (Å²) in [5.41, 5.74) is 3.98. The van der Waals surface area contributed by atoms with Crippen LogP contribution in [0.4, 0.5) is 0 Å². The zero-order chi connectivity index (χ0) is 15.6. The highest BCUT2D eigenvalue weighted by Gasteiger charge is 2.42. The van der Waals surface area contributed by atoms with Gasteiger partial charge in [0.15, 0.2) is 5.78 Å². The summed E-state index contributed by atoms with van der Waals surface area (Å²) in [5.74, 6) is 5.51. The van der Waals surface area contributed by atoms with Crippen molar-refractivity contribution in [2.75, 3.05) is 0 Å². The first-order valence-corrected chi connectivity index (χ1v) is 7.66. The first kappa shape index (κ1) is 15.5. The topological polar surface area (TPSA) is 34.1 Å². The monoisotopic (exact) mass is 282 g/mol. The van der Waals surface area contributed by atoms with Crippen LogP contribution in [0.15, 0.2) is 12.1 Å². The molecule has 1 fully saturated rings. The Kier molecular flexibility index (Phi) is 4.63. The number of benzene rings is 1. The maximum absolute atomic E-state index is 12.5. The minimum Gasteiger partial charge on any atom is -0.298 e. The van der Waals surface area contributed by atoms with Crippen molar-refractivity contribution in [3.63, 3.8) is 0 Å². The fourth-order valence-electron chi connectivity index (χ4n) is 3.30. The molecule has 2 atom stereocenters. The van der Waals surface area contributed by atoms with Crippen molar-refractivity contribution in [1.29, 1.82) is 0 Å². The maximum Gasteiger partial charge on any atom is 0.151 e. The van der Waals surface area contributed by atoms with Gasteiger partial charge in [0, 0.05) is 17.9 Å². The molecule has 2 unspecified atom stereocenters. The molecule has 1 aliphatic carbocycles. The van der Waals surface area contributed by atoms with E-state index in [0.717, 1.165) is 35.1 Å². The molecule has 0 amide bonds. The molecule has 0 radical (unpaired) electrons. The summed E-state index contributed by atoms with van der Waals surface area (Å²) in [6.07, 6.45) is 1.96. The Balaban J connectivity index is 2.55. The zero-order valence-corrected chi connectivity index (χ0v) is 13.2. The molecule has 0 heterocycles. The molecule has 0 bridgehead atoms. The summed E-state index contributed by atoms with van der Waals surface area (Å²) in [6.45, 7) is 7.83. The Hall–Kier alpha value is -1.88. The van der Waals surface area contributed by atoms with E-state index in [0.29, 0.717) is 6.42 Å². The van der Waals surface area contributed by atoms with Crippen LogP contribution in [0.5, 0.6) is 0 Å². The summed E-state index contributed by atoms with van der Waals surface area (Å²) in [4.78, 5) is 24.9. The highest BCUT2D eigenvalue weighted by atomic mass is 16.2. The average Bonchev–Trinajstić information content (AvgIpc) is 2.73. The molecule has 1 aromatic carbocycles. The smallest absolute Gasteiger partial charge is 0.151 e. The van der Waals surface area contributed by atoms with E-state index < -0.39 is 5.92 Å². The highest BCUT2D eigenvalue weighted by molar-refractivity contribution is 6.14. The van der Waals surface area contributed by atoms with Gasteiger partial charge in [-0.05, 0) is 55.5 Å². The molecular formula is C19H22O2. The Labute approximate surface area is 126 Å². The van der Waals surface area contributed by atoms with Crippen molar-refractivity contribution in [3.05, 3.63) is 34.4 Å². The van der Waals surface area contributed by atoms with E-state index in [1.807, 2.05) is 32.9 Å². The van der Waals surface area contributed by atoms with Gasteiger partial charge in [-0.15, -0.1) is 5.92 Å². The summed E-state index contributed by atoms with van der Waals surface area (Å²) in [5, 5.41) is 0. The predicted molar refractivity (Wildman–Crippen MR) is 84.3 cm³/mol. The third-order valence-electron chi connectivity index (χ3n) is 4.36. The Morgan fingerprint density at radius 1 is 1.24 bits per heavy atom. The number of carbonyl (C=O) groups excluding carboxylic acids is 2. The molecule has 0 spiro atoms. The number of Topliss-reactive ketones (excluding diaryl/α,β-unsaturated/α-hetero) is 2. The second-order valence-corrected chi connectivity index (χ2v) is 5.71. The van der Waals surface area contributed by atoms with Crippen LogP contribution in [0.2, 0.25) is 0 Å². The molecule has 0 aliphatic heterocycles. The SMILES string of the molecule is CC#Cc1cc(C)c(C2C(=O)CC(CC)C2=O)c(CC)c1. The van der Waals surface area contributed by atoms with Gasteiger partial charge in [0.05, 0.1) is 0 Å². The second-order valence-electron chi connectivity index (χ2n) is 5.71. The molecule has 0 aromatic heterocycles. The Morgan fingerprint density at radius 3 is 2.48 bits per heavy atom. The van der Waals surface area contributed by atoms with Gasteiger partial charge in [0.2, 0.25) is 0 Å². The number of hydrogen-bond acceptors (Lipinski definition) is 2. The highest BCUT2D eigenvalue weighted by Crippen LogP contribution is 2.37. The molecule has 1 saturated carbocycles. The van der Waals surface area contributed by atoms with Crippen molar-refractivity contribution in [2.45, 2.75) is 52.9 Å².